The molecule has 8 N–H and O–H groups in total. The number of amides is 2. The standard InChI is InChI=1S/C16H19N3O5S.C2H5NO2/c1-16(2)11(15(23)24)19-13(22)10(14(19)25-16)18-12(21)9(17)7-3-5-8(20)6-4-7;3-1-2(4)5/h3-6,9-11,14,20H,17H2,1-2H3,(H,18,21)(H,23,24);1,3H2,(H,4,5)/t9-,10-,11+,14-;/m1./s1. The molecule has 4 atom stereocenters. The molecule has 164 valence electrons. The highest BCUT2D eigenvalue weighted by atomic mass is 32.2. The van der Waals surface area contributed by atoms with Crippen molar-refractivity contribution in [2.24, 2.45) is 11.5 Å². The minimum absolute atomic E-state index is 0.0606. The fourth-order valence-electron chi connectivity index (χ4n) is 3.22. The van der Waals surface area contributed by atoms with Gasteiger partial charge >= 0.3 is 11.9 Å². The van der Waals surface area contributed by atoms with Crippen LogP contribution in [0.4, 0.5) is 0 Å². The van der Waals surface area contributed by atoms with E-state index in [0.29, 0.717) is 5.56 Å². The number of rotatable bonds is 5. The van der Waals surface area contributed by atoms with Crippen molar-refractivity contribution in [1.82, 2.24) is 10.2 Å². The Bertz CT molecular complexity index is 845. The average Bonchev–Trinajstić information content (AvgIpc) is 2.94. The SMILES string of the molecule is CC1(C)S[C@@H]2[C@H](NC(=O)[C@H](N)c3ccc(O)cc3)C(=O)N2[C@H]1C(=O)O.NCC(=O)O. The molecule has 2 amide bonds. The summed E-state index contributed by atoms with van der Waals surface area (Å²) in [4.78, 5) is 46.7. The molecule has 0 unspecified atom stereocenters. The fourth-order valence-corrected chi connectivity index (χ4v) is 4.85. The number of carbonyl (C=O) groups is 4. The van der Waals surface area contributed by atoms with E-state index in [4.69, 9.17) is 10.8 Å². The van der Waals surface area contributed by atoms with E-state index in [9.17, 15) is 29.4 Å². The summed E-state index contributed by atoms with van der Waals surface area (Å²) in [7, 11) is 0. The van der Waals surface area contributed by atoms with Crippen molar-refractivity contribution in [2.45, 2.75) is 42.1 Å². The van der Waals surface area contributed by atoms with Crippen molar-refractivity contribution < 1.29 is 34.5 Å². The summed E-state index contributed by atoms with van der Waals surface area (Å²) in [6.45, 7) is 3.26. The smallest absolute Gasteiger partial charge is 0.327 e. The zero-order chi connectivity index (χ0) is 22.8. The number of carboxylic acids is 2. The third-order valence-corrected chi connectivity index (χ3v) is 6.25. The lowest BCUT2D eigenvalue weighted by Gasteiger charge is -2.43. The number of carbonyl (C=O) groups excluding carboxylic acids is 2. The molecule has 0 aliphatic carbocycles. The molecule has 2 fully saturated rings. The normalized spacial score (nSPS) is 24.6. The monoisotopic (exact) mass is 440 g/mol. The first-order chi connectivity index (χ1) is 13.9. The van der Waals surface area contributed by atoms with Gasteiger partial charge in [-0.15, -0.1) is 11.8 Å². The molecule has 2 aliphatic heterocycles. The number of hydrogen-bond acceptors (Lipinski definition) is 8. The Hall–Kier alpha value is -2.83. The van der Waals surface area contributed by atoms with Gasteiger partial charge in [0.2, 0.25) is 11.8 Å². The molecule has 0 radical (unpaired) electrons. The molecule has 11 nitrogen and oxygen atoms in total. The minimum Gasteiger partial charge on any atom is -0.508 e. The highest BCUT2D eigenvalue weighted by Gasteiger charge is 2.64. The number of hydrogen-bond donors (Lipinski definition) is 6. The maximum absolute atomic E-state index is 12.3. The van der Waals surface area contributed by atoms with E-state index in [1.807, 2.05) is 0 Å². The second kappa shape index (κ2) is 8.90. The number of benzene rings is 1. The van der Waals surface area contributed by atoms with Crippen LogP contribution < -0.4 is 16.8 Å². The Morgan fingerprint density at radius 2 is 1.77 bits per heavy atom. The van der Waals surface area contributed by atoms with Crippen molar-refractivity contribution in [2.75, 3.05) is 6.54 Å². The number of aliphatic carboxylic acids is 2. The molecule has 1 aromatic carbocycles. The number of phenolic OH excluding ortho intramolecular Hbond substituents is 1. The maximum atomic E-state index is 12.3. The van der Waals surface area contributed by atoms with Crippen LogP contribution in [0.1, 0.15) is 25.5 Å². The van der Waals surface area contributed by atoms with E-state index in [1.54, 1.807) is 13.8 Å². The number of nitrogens with two attached hydrogens (primary N) is 2. The number of aromatic hydroxyl groups is 1. The number of fused-ring (bicyclic) bond motifs is 1. The average molecular weight is 440 g/mol. The van der Waals surface area contributed by atoms with E-state index in [-0.39, 0.29) is 12.3 Å². The van der Waals surface area contributed by atoms with Crippen LogP contribution in [0, 0.1) is 0 Å². The van der Waals surface area contributed by atoms with Crippen LogP contribution in [0.15, 0.2) is 24.3 Å². The number of carboxylic acid groups (broad SMARTS) is 2. The van der Waals surface area contributed by atoms with Crippen LogP contribution in [-0.2, 0) is 19.2 Å². The molecule has 0 spiro atoms. The second-order valence-corrected chi connectivity index (χ2v) is 9.02. The highest BCUT2D eigenvalue weighted by Crippen LogP contribution is 2.50. The van der Waals surface area contributed by atoms with E-state index in [2.05, 4.69) is 11.1 Å². The number of nitrogens with zero attached hydrogens (tertiary/aromatic N) is 1. The maximum Gasteiger partial charge on any atom is 0.327 e. The summed E-state index contributed by atoms with van der Waals surface area (Å²) in [6, 6.07) is 3.21. The quantitative estimate of drug-likeness (QED) is 0.311. The van der Waals surface area contributed by atoms with E-state index in [0.717, 1.165) is 0 Å². The predicted molar refractivity (Wildman–Crippen MR) is 107 cm³/mol. The summed E-state index contributed by atoms with van der Waals surface area (Å²) in [6.07, 6.45) is 0. The Morgan fingerprint density at radius 3 is 2.23 bits per heavy atom. The lowest BCUT2D eigenvalue weighted by Crippen LogP contribution is -2.71. The van der Waals surface area contributed by atoms with Crippen LogP contribution in [0.2, 0.25) is 0 Å². The number of β-lactam (4-membered cyclic amide) rings is 1. The summed E-state index contributed by atoms with van der Waals surface area (Å²) in [5.74, 6) is -2.91. The van der Waals surface area contributed by atoms with E-state index < -0.39 is 52.0 Å². The Balaban J connectivity index is 0.000000575. The lowest BCUT2D eigenvalue weighted by atomic mass is 9.95. The first-order valence-corrected chi connectivity index (χ1v) is 9.78. The second-order valence-electron chi connectivity index (χ2n) is 7.25. The topological polar surface area (TPSA) is 196 Å². The van der Waals surface area contributed by atoms with Gasteiger partial charge in [-0.05, 0) is 31.5 Å². The van der Waals surface area contributed by atoms with Gasteiger partial charge in [-0.3, -0.25) is 14.4 Å². The summed E-state index contributed by atoms with van der Waals surface area (Å²) in [5, 5.41) is 28.5. The minimum atomic E-state index is -1.06. The molecule has 0 aromatic heterocycles. The molecule has 12 heteroatoms. The predicted octanol–water partition coefficient (Wildman–Crippen LogP) is -0.947. The van der Waals surface area contributed by atoms with Crippen LogP contribution in [0.5, 0.6) is 5.75 Å². The third kappa shape index (κ3) is 4.66. The molecule has 2 aliphatic rings. The molecule has 0 bridgehead atoms. The molecule has 2 saturated heterocycles. The van der Waals surface area contributed by atoms with Gasteiger partial charge in [-0.1, -0.05) is 12.1 Å². The molecule has 30 heavy (non-hydrogen) atoms. The van der Waals surface area contributed by atoms with Gasteiger partial charge in [0, 0.05) is 4.75 Å². The van der Waals surface area contributed by atoms with E-state index >= 15 is 0 Å². The fraction of sp³-hybridized carbons (Fsp3) is 0.444. The largest absolute Gasteiger partial charge is 0.508 e. The Morgan fingerprint density at radius 1 is 1.23 bits per heavy atom. The van der Waals surface area contributed by atoms with Crippen LogP contribution in [0.3, 0.4) is 0 Å². The molecule has 0 saturated carbocycles. The van der Waals surface area contributed by atoms with Gasteiger partial charge in [-0.25, -0.2) is 4.79 Å². The van der Waals surface area contributed by atoms with E-state index in [1.165, 1.54) is 40.9 Å². The Kier molecular flexibility index (Phi) is 6.95. The third-order valence-electron chi connectivity index (χ3n) is 4.68. The first-order valence-electron chi connectivity index (χ1n) is 8.90. The highest BCUT2D eigenvalue weighted by molar-refractivity contribution is 8.01. The van der Waals surface area contributed by atoms with Crippen LogP contribution >= 0.6 is 11.8 Å². The number of phenols is 1. The summed E-state index contributed by atoms with van der Waals surface area (Å²) in [5.41, 5.74) is 11.0. The zero-order valence-electron chi connectivity index (χ0n) is 16.3. The van der Waals surface area contributed by atoms with Gasteiger partial charge in [0.15, 0.2) is 0 Å². The van der Waals surface area contributed by atoms with Crippen molar-refractivity contribution >= 4 is 35.5 Å². The number of nitrogens with one attached hydrogen (secondary N) is 1. The first kappa shape index (κ1) is 23.4. The zero-order valence-corrected chi connectivity index (χ0v) is 17.1. The summed E-state index contributed by atoms with van der Waals surface area (Å²) >= 11 is 1.35. The Labute approximate surface area is 176 Å². The van der Waals surface area contributed by atoms with Crippen molar-refractivity contribution in [3.63, 3.8) is 0 Å². The van der Waals surface area contributed by atoms with Crippen molar-refractivity contribution in [3.8, 4) is 5.75 Å². The van der Waals surface area contributed by atoms with Crippen molar-refractivity contribution in [1.29, 1.82) is 0 Å². The molecular formula is C18H24N4O7S. The summed E-state index contributed by atoms with van der Waals surface area (Å²) < 4.78 is -0.648. The van der Waals surface area contributed by atoms with Crippen LogP contribution in [-0.4, -0.2) is 72.7 Å². The van der Waals surface area contributed by atoms with Gasteiger partial charge in [0.25, 0.3) is 0 Å². The number of thioether (sulfide) groups is 1. The van der Waals surface area contributed by atoms with Gasteiger partial charge in [-0.2, -0.15) is 0 Å². The van der Waals surface area contributed by atoms with Gasteiger partial charge in [0.05, 0.1) is 6.54 Å². The molecule has 3 rings (SSSR count). The van der Waals surface area contributed by atoms with Gasteiger partial charge in [0.1, 0.15) is 29.2 Å². The van der Waals surface area contributed by atoms with Gasteiger partial charge < -0.3 is 37.0 Å². The van der Waals surface area contributed by atoms with Crippen molar-refractivity contribution in [3.05, 3.63) is 29.8 Å². The van der Waals surface area contributed by atoms with Crippen LogP contribution in [0.25, 0.3) is 0 Å². The lowest BCUT2D eigenvalue weighted by molar-refractivity contribution is -0.161. The molecular weight excluding hydrogens is 416 g/mol. The molecule has 2 heterocycles. The molecule has 1 aromatic rings.